The molecular weight excluding hydrogens is 236 g/mol. The van der Waals surface area contributed by atoms with E-state index in [1.165, 1.54) is 0 Å². The lowest BCUT2D eigenvalue weighted by atomic mass is 10.2. The van der Waals surface area contributed by atoms with Crippen LogP contribution in [0.3, 0.4) is 0 Å². The first-order valence-corrected chi connectivity index (χ1v) is 5.11. The van der Waals surface area contributed by atoms with E-state index in [2.05, 4.69) is 15.9 Å². The second kappa shape index (κ2) is 2.99. The third-order valence-electron chi connectivity index (χ3n) is 1.71. The molecule has 0 saturated carbocycles. The summed E-state index contributed by atoms with van der Waals surface area (Å²) in [6.45, 7) is 0. The number of hydrogen-bond donors (Lipinski definition) is 0. The minimum atomic E-state index is 0.774. The van der Waals surface area contributed by atoms with Crippen LogP contribution in [0, 0.1) is 0 Å². The molecule has 60 valence electrons. The highest BCUT2D eigenvalue weighted by Crippen LogP contribution is 2.31. The van der Waals surface area contributed by atoms with Gasteiger partial charge in [0.1, 0.15) is 0 Å². The second-order valence-electron chi connectivity index (χ2n) is 2.43. The van der Waals surface area contributed by atoms with Crippen LogP contribution in [0.15, 0.2) is 28.1 Å². The fourth-order valence-corrected chi connectivity index (χ4v) is 2.70. The summed E-state index contributed by atoms with van der Waals surface area (Å²) in [5.41, 5.74) is 0.774. The Bertz CT molecular complexity index is 433. The molecule has 0 amide bonds. The SMILES string of the molecule is O=Cc1csc2c(Br)cccc12. The lowest BCUT2D eigenvalue weighted by Gasteiger charge is -1.91. The van der Waals surface area contributed by atoms with Crippen molar-refractivity contribution in [1.29, 1.82) is 0 Å². The van der Waals surface area contributed by atoms with Crippen molar-refractivity contribution in [2.45, 2.75) is 0 Å². The highest BCUT2D eigenvalue weighted by molar-refractivity contribution is 9.10. The van der Waals surface area contributed by atoms with Crippen molar-refractivity contribution in [3.63, 3.8) is 0 Å². The van der Waals surface area contributed by atoms with E-state index in [1.807, 2.05) is 23.6 Å². The summed E-state index contributed by atoms with van der Waals surface area (Å²) < 4.78 is 2.19. The first kappa shape index (κ1) is 7.95. The third-order valence-corrected chi connectivity index (χ3v) is 3.68. The van der Waals surface area contributed by atoms with E-state index in [0.717, 1.165) is 26.4 Å². The number of aldehydes is 1. The summed E-state index contributed by atoms with van der Waals surface area (Å²) in [7, 11) is 0. The van der Waals surface area contributed by atoms with Crippen LogP contribution in [-0.2, 0) is 0 Å². The van der Waals surface area contributed by atoms with Gasteiger partial charge < -0.3 is 0 Å². The molecule has 2 rings (SSSR count). The van der Waals surface area contributed by atoms with Crippen molar-refractivity contribution in [3.05, 3.63) is 33.6 Å². The van der Waals surface area contributed by atoms with Crippen molar-refractivity contribution >= 4 is 43.6 Å². The fraction of sp³-hybridized carbons (Fsp3) is 0. The number of carbonyl (C=O) groups is 1. The maximum Gasteiger partial charge on any atom is 0.151 e. The van der Waals surface area contributed by atoms with E-state index in [4.69, 9.17) is 0 Å². The maximum absolute atomic E-state index is 10.6. The lowest BCUT2D eigenvalue weighted by molar-refractivity contribution is 0.112. The first-order valence-electron chi connectivity index (χ1n) is 3.44. The number of benzene rings is 1. The molecule has 0 saturated heterocycles. The van der Waals surface area contributed by atoms with E-state index >= 15 is 0 Å². The second-order valence-corrected chi connectivity index (χ2v) is 4.16. The van der Waals surface area contributed by atoms with Crippen LogP contribution in [-0.4, -0.2) is 6.29 Å². The zero-order valence-corrected chi connectivity index (χ0v) is 8.48. The molecule has 0 N–H and O–H groups in total. The van der Waals surface area contributed by atoms with E-state index in [9.17, 15) is 4.79 Å². The van der Waals surface area contributed by atoms with Crippen LogP contribution < -0.4 is 0 Å². The Morgan fingerprint density at radius 2 is 2.25 bits per heavy atom. The van der Waals surface area contributed by atoms with Gasteiger partial charge in [0.2, 0.25) is 0 Å². The normalized spacial score (nSPS) is 10.4. The van der Waals surface area contributed by atoms with Crippen LogP contribution in [0.25, 0.3) is 10.1 Å². The number of hydrogen-bond acceptors (Lipinski definition) is 2. The van der Waals surface area contributed by atoms with Gasteiger partial charge in [-0.3, -0.25) is 4.79 Å². The number of halogens is 1. The molecule has 0 bridgehead atoms. The van der Waals surface area contributed by atoms with Gasteiger partial charge in [-0.1, -0.05) is 12.1 Å². The Kier molecular flexibility index (Phi) is 1.98. The average molecular weight is 241 g/mol. The Morgan fingerprint density at radius 3 is 3.00 bits per heavy atom. The molecule has 1 heterocycles. The van der Waals surface area contributed by atoms with Crippen molar-refractivity contribution in [3.8, 4) is 0 Å². The molecule has 0 unspecified atom stereocenters. The van der Waals surface area contributed by atoms with Gasteiger partial charge in [-0.2, -0.15) is 0 Å². The van der Waals surface area contributed by atoms with Crippen molar-refractivity contribution in [1.82, 2.24) is 0 Å². The molecule has 12 heavy (non-hydrogen) atoms. The van der Waals surface area contributed by atoms with E-state index in [-0.39, 0.29) is 0 Å². The molecule has 1 nitrogen and oxygen atoms in total. The van der Waals surface area contributed by atoms with Crippen molar-refractivity contribution in [2.24, 2.45) is 0 Å². The van der Waals surface area contributed by atoms with Gasteiger partial charge in [-0.15, -0.1) is 11.3 Å². The average Bonchev–Trinajstić information content (AvgIpc) is 2.49. The molecule has 0 aliphatic carbocycles. The van der Waals surface area contributed by atoms with Crippen molar-refractivity contribution in [2.75, 3.05) is 0 Å². The largest absolute Gasteiger partial charge is 0.298 e. The third kappa shape index (κ3) is 1.09. The van der Waals surface area contributed by atoms with Crippen molar-refractivity contribution < 1.29 is 4.79 Å². The molecule has 0 aliphatic heterocycles. The topological polar surface area (TPSA) is 17.1 Å². The lowest BCUT2D eigenvalue weighted by Crippen LogP contribution is -1.73. The molecule has 2 aromatic rings. The summed E-state index contributed by atoms with van der Waals surface area (Å²) >= 11 is 5.02. The molecular formula is C9H5BrOS. The van der Waals surface area contributed by atoms with Gasteiger partial charge in [-0.05, 0) is 22.0 Å². The Morgan fingerprint density at radius 1 is 1.42 bits per heavy atom. The first-order chi connectivity index (χ1) is 5.83. The fourth-order valence-electron chi connectivity index (χ4n) is 1.13. The summed E-state index contributed by atoms with van der Waals surface area (Å²) in [6, 6.07) is 5.87. The quantitative estimate of drug-likeness (QED) is 0.698. The van der Waals surface area contributed by atoms with Crippen LogP contribution in [0.5, 0.6) is 0 Å². The van der Waals surface area contributed by atoms with Gasteiger partial charge in [0.15, 0.2) is 6.29 Å². The van der Waals surface area contributed by atoms with E-state index in [0.29, 0.717) is 0 Å². The predicted molar refractivity (Wildman–Crippen MR) is 54.9 cm³/mol. The molecule has 1 aromatic heterocycles. The summed E-state index contributed by atoms with van der Waals surface area (Å²) in [4.78, 5) is 10.6. The maximum atomic E-state index is 10.6. The highest BCUT2D eigenvalue weighted by Gasteiger charge is 2.04. The predicted octanol–water partition coefficient (Wildman–Crippen LogP) is 3.48. The van der Waals surface area contributed by atoms with Crippen LogP contribution in [0.1, 0.15) is 10.4 Å². The van der Waals surface area contributed by atoms with Gasteiger partial charge in [0.25, 0.3) is 0 Å². The van der Waals surface area contributed by atoms with Gasteiger partial charge >= 0.3 is 0 Å². The van der Waals surface area contributed by atoms with Gasteiger partial charge in [0.05, 0.1) is 0 Å². The number of thiophene rings is 1. The zero-order chi connectivity index (χ0) is 8.55. The van der Waals surface area contributed by atoms with Gasteiger partial charge in [0, 0.05) is 25.5 Å². The molecule has 3 heteroatoms. The van der Waals surface area contributed by atoms with Crippen LogP contribution in [0.4, 0.5) is 0 Å². The molecule has 0 radical (unpaired) electrons. The minimum absolute atomic E-state index is 0.774. The molecule has 0 aliphatic rings. The number of rotatable bonds is 1. The number of fused-ring (bicyclic) bond motifs is 1. The summed E-state index contributed by atoms with van der Waals surface area (Å²) in [6.07, 6.45) is 0.894. The molecule has 0 fully saturated rings. The Balaban J connectivity index is 2.88. The van der Waals surface area contributed by atoms with E-state index in [1.54, 1.807) is 11.3 Å². The monoisotopic (exact) mass is 240 g/mol. The molecule has 0 atom stereocenters. The Labute approximate surface area is 82.1 Å². The number of carbonyl (C=O) groups excluding carboxylic acids is 1. The summed E-state index contributed by atoms with van der Waals surface area (Å²) in [5.74, 6) is 0. The molecule has 1 aromatic carbocycles. The standard InChI is InChI=1S/C9H5BrOS/c10-8-3-1-2-7-6(4-11)5-12-9(7)8/h1-5H. The molecule has 0 spiro atoms. The minimum Gasteiger partial charge on any atom is -0.298 e. The summed E-state index contributed by atoms with van der Waals surface area (Å²) in [5, 5.41) is 2.91. The Hall–Kier alpha value is -0.670. The van der Waals surface area contributed by atoms with Crippen LogP contribution in [0.2, 0.25) is 0 Å². The van der Waals surface area contributed by atoms with E-state index < -0.39 is 0 Å². The smallest absolute Gasteiger partial charge is 0.151 e. The van der Waals surface area contributed by atoms with Crippen LogP contribution >= 0.6 is 27.3 Å². The van der Waals surface area contributed by atoms with Gasteiger partial charge in [-0.25, -0.2) is 0 Å². The highest BCUT2D eigenvalue weighted by atomic mass is 79.9. The zero-order valence-electron chi connectivity index (χ0n) is 6.08.